The van der Waals surface area contributed by atoms with Crippen molar-refractivity contribution >= 4 is 11.5 Å². The van der Waals surface area contributed by atoms with Crippen LogP contribution in [0.5, 0.6) is 5.75 Å². The Balaban J connectivity index is 2.12. The summed E-state index contributed by atoms with van der Waals surface area (Å²) >= 11 is 0. The summed E-state index contributed by atoms with van der Waals surface area (Å²) in [5, 5.41) is 18.4. The van der Waals surface area contributed by atoms with Gasteiger partial charge >= 0.3 is 5.97 Å². The Bertz CT molecular complexity index is 819. The van der Waals surface area contributed by atoms with Crippen LogP contribution < -0.4 is 0 Å². The molecule has 0 atom stereocenters. The molecule has 0 fully saturated rings. The smallest absolute Gasteiger partial charge is 0.342 e. The molecular weight excluding hydrogens is 272 g/mol. The fourth-order valence-electron chi connectivity index (χ4n) is 2.19. The summed E-state index contributed by atoms with van der Waals surface area (Å²) in [5.41, 5.74) is 2.18. The Hall–Kier alpha value is -2.83. The number of fused-ring (bicyclic) bond motifs is 1. The standard InChI is InChI=1S/C14H14N4O3/c1-3-21-14(20)11-6-16-18-8-9(4-12(19)13(11)18)10-5-15-17(2)7-10/h4-8,19H,3H2,1-2H3. The van der Waals surface area contributed by atoms with Crippen molar-refractivity contribution in [2.24, 2.45) is 7.05 Å². The van der Waals surface area contributed by atoms with Gasteiger partial charge in [-0.25, -0.2) is 9.31 Å². The number of carbonyl (C=O) groups excluding carboxylic acids is 1. The molecule has 108 valence electrons. The lowest BCUT2D eigenvalue weighted by atomic mass is 10.1. The fraction of sp³-hybridized carbons (Fsp3) is 0.214. The van der Waals surface area contributed by atoms with Gasteiger partial charge in [-0.2, -0.15) is 10.2 Å². The number of carbonyl (C=O) groups is 1. The van der Waals surface area contributed by atoms with Crippen LogP contribution in [0.1, 0.15) is 17.3 Å². The molecule has 0 aromatic carbocycles. The quantitative estimate of drug-likeness (QED) is 0.740. The number of aromatic nitrogens is 4. The van der Waals surface area contributed by atoms with Gasteiger partial charge in [-0.1, -0.05) is 0 Å². The number of hydrogen-bond donors (Lipinski definition) is 1. The van der Waals surface area contributed by atoms with E-state index in [4.69, 9.17) is 4.74 Å². The van der Waals surface area contributed by atoms with Gasteiger partial charge in [0.2, 0.25) is 0 Å². The second kappa shape index (κ2) is 4.93. The Labute approximate surface area is 120 Å². The molecule has 3 aromatic rings. The van der Waals surface area contributed by atoms with Gasteiger partial charge in [0.1, 0.15) is 16.8 Å². The zero-order chi connectivity index (χ0) is 15.0. The van der Waals surface area contributed by atoms with Crippen LogP contribution >= 0.6 is 0 Å². The van der Waals surface area contributed by atoms with Crippen LogP contribution in [0.25, 0.3) is 16.6 Å². The van der Waals surface area contributed by atoms with Crippen LogP contribution in [0.4, 0.5) is 0 Å². The number of hydrogen-bond acceptors (Lipinski definition) is 5. The molecule has 0 radical (unpaired) electrons. The lowest BCUT2D eigenvalue weighted by molar-refractivity contribution is 0.0528. The molecule has 0 aliphatic carbocycles. The number of aromatic hydroxyl groups is 1. The van der Waals surface area contributed by atoms with Gasteiger partial charge in [0.25, 0.3) is 0 Å². The molecule has 21 heavy (non-hydrogen) atoms. The number of ether oxygens (including phenoxy) is 1. The van der Waals surface area contributed by atoms with Crippen LogP contribution in [-0.4, -0.2) is 37.1 Å². The molecule has 0 saturated heterocycles. The lowest BCUT2D eigenvalue weighted by Gasteiger charge is -2.04. The summed E-state index contributed by atoms with van der Waals surface area (Å²) in [6.45, 7) is 1.99. The van der Waals surface area contributed by atoms with Gasteiger partial charge in [-0.15, -0.1) is 0 Å². The Morgan fingerprint density at radius 1 is 1.29 bits per heavy atom. The summed E-state index contributed by atoms with van der Waals surface area (Å²) in [7, 11) is 1.81. The second-order valence-corrected chi connectivity index (χ2v) is 4.59. The van der Waals surface area contributed by atoms with Crippen molar-refractivity contribution in [1.82, 2.24) is 19.4 Å². The minimum atomic E-state index is -0.503. The maximum absolute atomic E-state index is 11.8. The minimum Gasteiger partial charge on any atom is -0.506 e. The summed E-state index contributed by atoms with van der Waals surface area (Å²) < 4.78 is 8.08. The average molecular weight is 286 g/mol. The topological polar surface area (TPSA) is 81.6 Å². The molecule has 1 N–H and O–H groups in total. The summed E-state index contributed by atoms with van der Waals surface area (Å²) in [6, 6.07) is 1.58. The molecule has 3 heterocycles. The van der Waals surface area contributed by atoms with Gasteiger partial charge < -0.3 is 9.84 Å². The molecule has 3 aromatic heterocycles. The van der Waals surface area contributed by atoms with E-state index in [-0.39, 0.29) is 17.9 Å². The Kier molecular flexibility index (Phi) is 3.09. The monoisotopic (exact) mass is 286 g/mol. The van der Waals surface area contributed by atoms with Gasteiger partial charge in [-0.3, -0.25) is 4.68 Å². The first-order chi connectivity index (χ1) is 10.1. The molecule has 7 heteroatoms. The Morgan fingerprint density at radius 3 is 2.76 bits per heavy atom. The summed E-state index contributed by atoms with van der Waals surface area (Å²) in [6.07, 6.45) is 6.64. The first-order valence-electron chi connectivity index (χ1n) is 6.46. The van der Waals surface area contributed by atoms with Gasteiger partial charge in [0, 0.05) is 30.6 Å². The van der Waals surface area contributed by atoms with Crippen molar-refractivity contribution in [3.63, 3.8) is 0 Å². The zero-order valence-electron chi connectivity index (χ0n) is 11.6. The molecule has 7 nitrogen and oxygen atoms in total. The predicted octanol–water partition coefficient (Wildman–Crippen LogP) is 1.62. The Morgan fingerprint density at radius 2 is 2.10 bits per heavy atom. The van der Waals surface area contributed by atoms with E-state index in [0.717, 1.165) is 11.1 Å². The number of aryl methyl sites for hydroxylation is 1. The second-order valence-electron chi connectivity index (χ2n) is 4.59. The van der Waals surface area contributed by atoms with Gasteiger partial charge in [0.05, 0.1) is 19.0 Å². The van der Waals surface area contributed by atoms with E-state index in [1.807, 2.05) is 13.2 Å². The van der Waals surface area contributed by atoms with E-state index in [0.29, 0.717) is 5.52 Å². The molecule has 0 aliphatic heterocycles. The van der Waals surface area contributed by atoms with E-state index in [2.05, 4.69) is 10.2 Å². The van der Waals surface area contributed by atoms with Crippen molar-refractivity contribution in [3.05, 3.63) is 36.4 Å². The highest BCUT2D eigenvalue weighted by atomic mass is 16.5. The van der Waals surface area contributed by atoms with E-state index in [9.17, 15) is 9.90 Å². The van der Waals surface area contributed by atoms with Crippen molar-refractivity contribution in [2.75, 3.05) is 6.61 Å². The number of nitrogens with zero attached hydrogens (tertiary/aromatic N) is 4. The third-order valence-electron chi connectivity index (χ3n) is 3.13. The van der Waals surface area contributed by atoms with Crippen molar-refractivity contribution < 1.29 is 14.6 Å². The van der Waals surface area contributed by atoms with Crippen molar-refractivity contribution in [1.29, 1.82) is 0 Å². The number of pyridine rings is 1. The minimum absolute atomic E-state index is 0.0306. The molecule has 0 aliphatic rings. The lowest BCUT2D eigenvalue weighted by Crippen LogP contribution is -2.04. The summed E-state index contributed by atoms with van der Waals surface area (Å²) in [5.74, 6) is -0.533. The first-order valence-corrected chi connectivity index (χ1v) is 6.46. The van der Waals surface area contributed by atoms with Gasteiger partial charge in [-0.05, 0) is 13.0 Å². The SMILES string of the molecule is CCOC(=O)c1cnn2cc(-c3cnn(C)c3)cc(O)c12. The van der Waals surface area contributed by atoms with Crippen LogP contribution in [0.2, 0.25) is 0 Å². The molecule has 0 unspecified atom stereocenters. The highest BCUT2D eigenvalue weighted by Crippen LogP contribution is 2.29. The van der Waals surface area contributed by atoms with E-state index in [1.54, 1.807) is 30.1 Å². The molecule has 0 amide bonds. The molecule has 0 spiro atoms. The van der Waals surface area contributed by atoms with Crippen LogP contribution in [-0.2, 0) is 11.8 Å². The van der Waals surface area contributed by atoms with Gasteiger partial charge in [0.15, 0.2) is 0 Å². The first kappa shape index (κ1) is 13.2. The summed E-state index contributed by atoms with van der Waals surface area (Å²) in [4.78, 5) is 11.8. The maximum atomic E-state index is 11.8. The van der Waals surface area contributed by atoms with E-state index < -0.39 is 5.97 Å². The van der Waals surface area contributed by atoms with E-state index >= 15 is 0 Å². The molecule has 0 saturated carbocycles. The molecule has 0 bridgehead atoms. The molecular formula is C14H14N4O3. The third kappa shape index (κ3) is 2.22. The highest BCUT2D eigenvalue weighted by molar-refractivity contribution is 5.98. The van der Waals surface area contributed by atoms with Crippen LogP contribution in [0.15, 0.2) is 30.9 Å². The average Bonchev–Trinajstić information content (AvgIpc) is 3.05. The number of rotatable bonds is 3. The third-order valence-corrected chi connectivity index (χ3v) is 3.13. The van der Waals surface area contributed by atoms with Crippen LogP contribution in [0.3, 0.4) is 0 Å². The van der Waals surface area contributed by atoms with Crippen molar-refractivity contribution in [3.8, 4) is 16.9 Å². The maximum Gasteiger partial charge on any atom is 0.342 e. The highest BCUT2D eigenvalue weighted by Gasteiger charge is 2.18. The van der Waals surface area contributed by atoms with Crippen LogP contribution in [0, 0.1) is 0 Å². The normalized spacial score (nSPS) is 11.0. The fourth-order valence-corrected chi connectivity index (χ4v) is 2.19. The van der Waals surface area contributed by atoms with E-state index in [1.165, 1.54) is 10.7 Å². The van der Waals surface area contributed by atoms with Crippen molar-refractivity contribution in [2.45, 2.75) is 6.92 Å². The largest absolute Gasteiger partial charge is 0.506 e. The zero-order valence-corrected chi connectivity index (χ0v) is 11.6. The predicted molar refractivity (Wildman–Crippen MR) is 75.0 cm³/mol. The molecule has 3 rings (SSSR count). The number of esters is 1.